The summed E-state index contributed by atoms with van der Waals surface area (Å²) in [4.78, 5) is 52.8. The molecule has 2 aromatic carbocycles. The number of anilines is 1. The van der Waals surface area contributed by atoms with Crippen LogP contribution in [0.5, 0.6) is 0 Å². The number of rotatable bonds is 7. The topological polar surface area (TPSA) is 113 Å². The SMILES string of the molecule is CCCCCn1nc(C(=O)NNC(=O)C2CCN(c3ccc(Cl)cc3)C2=O)c2ccccc2c1=O. The first-order valence-electron chi connectivity index (χ1n) is 11.6. The summed E-state index contributed by atoms with van der Waals surface area (Å²) in [5, 5.41) is 5.59. The zero-order valence-corrected chi connectivity index (χ0v) is 20.0. The third kappa shape index (κ3) is 5.19. The van der Waals surface area contributed by atoms with Gasteiger partial charge in [0.25, 0.3) is 17.4 Å². The minimum absolute atomic E-state index is 0.0255. The van der Waals surface area contributed by atoms with Gasteiger partial charge >= 0.3 is 0 Å². The van der Waals surface area contributed by atoms with E-state index in [4.69, 9.17) is 11.6 Å². The first-order chi connectivity index (χ1) is 16.9. The highest BCUT2D eigenvalue weighted by atomic mass is 35.5. The summed E-state index contributed by atoms with van der Waals surface area (Å²) in [6, 6.07) is 13.5. The van der Waals surface area contributed by atoms with Crippen LogP contribution in [0.3, 0.4) is 0 Å². The molecule has 3 aromatic rings. The highest BCUT2D eigenvalue weighted by molar-refractivity contribution is 6.30. The highest BCUT2D eigenvalue weighted by Gasteiger charge is 2.37. The molecule has 0 spiro atoms. The minimum atomic E-state index is -0.932. The molecule has 9 nitrogen and oxygen atoms in total. The van der Waals surface area contributed by atoms with Gasteiger partial charge in [0, 0.05) is 29.2 Å². The molecule has 0 radical (unpaired) electrons. The molecule has 35 heavy (non-hydrogen) atoms. The lowest BCUT2D eigenvalue weighted by Gasteiger charge is -2.17. The van der Waals surface area contributed by atoms with E-state index in [1.807, 2.05) is 0 Å². The normalized spacial score (nSPS) is 15.4. The highest BCUT2D eigenvalue weighted by Crippen LogP contribution is 2.26. The average Bonchev–Trinajstić information content (AvgIpc) is 3.25. The smallest absolute Gasteiger partial charge is 0.290 e. The number of nitrogens with one attached hydrogen (secondary N) is 2. The van der Waals surface area contributed by atoms with Crippen molar-refractivity contribution in [1.29, 1.82) is 0 Å². The molecule has 1 aliphatic rings. The Morgan fingerprint density at radius 1 is 1.03 bits per heavy atom. The Labute approximate surface area is 207 Å². The van der Waals surface area contributed by atoms with Gasteiger partial charge in [0.05, 0.1) is 5.39 Å². The fourth-order valence-corrected chi connectivity index (χ4v) is 4.26. The van der Waals surface area contributed by atoms with Crippen LogP contribution in [0.4, 0.5) is 5.69 Å². The van der Waals surface area contributed by atoms with Crippen LogP contribution in [0.15, 0.2) is 53.3 Å². The Morgan fingerprint density at radius 3 is 2.46 bits per heavy atom. The number of benzene rings is 2. The summed E-state index contributed by atoms with van der Waals surface area (Å²) >= 11 is 5.91. The van der Waals surface area contributed by atoms with Crippen molar-refractivity contribution in [2.45, 2.75) is 39.2 Å². The quantitative estimate of drug-likeness (QED) is 0.297. The van der Waals surface area contributed by atoms with E-state index in [2.05, 4.69) is 22.9 Å². The van der Waals surface area contributed by atoms with Crippen LogP contribution in [-0.2, 0) is 16.1 Å². The molecule has 1 unspecified atom stereocenters. The number of aromatic nitrogens is 2. The first kappa shape index (κ1) is 24.4. The standard InChI is InChI=1S/C25H26ClN5O4/c1-2-3-6-14-31-25(35)19-8-5-4-7-18(19)21(29-31)23(33)28-27-22(32)20-13-15-30(24(20)34)17-11-9-16(26)10-12-17/h4-5,7-12,20H,2-3,6,13-15H2,1H3,(H,27,32)(H,28,33). The third-order valence-electron chi connectivity index (χ3n) is 6.02. The molecule has 10 heteroatoms. The largest absolute Gasteiger partial charge is 0.312 e. The van der Waals surface area contributed by atoms with E-state index in [0.717, 1.165) is 19.3 Å². The first-order valence-corrected chi connectivity index (χ1v) is 12.0. The molecule has 182 valence electrons. The number of carbonyl (C=O) groups is 3. The number of unbranched alkanes of at least 4 members (excludes halogenated alkanes) is 2. The fraction of sp³-hybridized carbons (Fsp3) is 0.320. The number of fused-ring (bicyclic) bond motifs is 1. The van der Waals surface area contributed by atoms with Crippen LogP contribution in [0, 0.1) is 5.92 Å². The predicted octanol–water partition coefficient (Wildman–Crippen LogP) is 3.05. The van der Waals surface area contributed by atoms with E-state index < -0.39 is 17.7 Å². The maximum absolute atomic E-state index is 13.0. The number of hydrogen-bond donors (Lipinski definition) is 2. The number of hydrazine groups is 1. The molecule has 1 aromatic heterocycles. The molecule has 1 atom stereocenters. The third-order valence-corrected chi connectivity index (χ3v) is 6.27. The van der Waals surface area contributed by atoms with E-state index in [-0.39, 0.29) is 17.2 Å². The van der Waals surface area contributed by atoms with Crippen molar-refractivity contribution < 1.29 is 14.4 Å². The maximum atomic E-state index is 13.0. The second-order valence-electron chi connectivity index (χ2n) is 8.38. The second kappa shape index (κ2) is 10.7. The van der Waals surface area contributed by atoms with Crippen LogP contribution >= 0.6 is 11.6 Å². The van der Waals surface area contributed by atoms with E-state index in [1.165, 1.54) is 9.58 Å². The van der Waals surface area contributed by atoms with Crippen molar-refractivity contribution in [3.8, 4) is 0 Å². The van der Waals surface area contributed by atoms with Gasteiger partial charge in [-0.3, -0.25) is 30.0 Å². The van der Waals surface area contributed by atoms with Gasteiger partial charge < -0.3 is 4.90 Å². The van der Waals surface area contributed by atoms with Crippen molar-refractivity contribution in [2.24, 2.45) is 5.92 Å². The molecule has 3 amide bonds. The van der Waals surface area contributed by atoms with Gasteiger partial charge in [-0.05, 0) is 43.2 Å². The average molecular weight is 496 g/mol. The molecular weight excluding hydrogens is 470 g/mol. The van der Waals surface area contributed by atoms with Crippen molar-refractivity contribution >= 4 is 45.8 Å². The number of halogens is 1. The lowest BCUT2D eigenvalue weighted by Crippen LogP contribution is -2.47. The number of nitrogens with zero attached hydrogens (tertiary/aromatic N) is 3. The molecule has 2 N–H and O–H groups in total. The lowest BCUT2D eigenvalue weighted by molar-refractivity contribution is -0.132. The minimum Gasteiger partial charge on any atom is -0.312 e. The molecule has 4 rings (SSSR count). The van der Waals surface area contributed by atoms with Crippen molar-refractivity contribution in [3.05, 3.63) is 69.6 Å². The Morgan fingerprint density at radius 2 is 1.74 bits per heavy atom. The van der Waals surface area contributed by atoms with Crippen LogP contribution in [0.2, 0.25) is 5.02 Å². The zero-order valence-electron chi connectivity index (χ0n) is 19.3. The summed E-state index contributed by atoms with van der Waals surface area (Å²) in [6.45, 7) is 2.82. The van der Waals surface area contributed by atoms with Crippen LogP contribution in [0.1, 0.15) is 43.1 Å². The molecule has 0 bridgehead atoms. The van der Waals surface area contributed by atoms with Gasteiger partial charge in [-0.2, -0.15) is 5.10 Å². The summed E-state index contributed by atoms with van der Waals surface area (Å²) in [7, 11) is 0. The second-order valence-corrected chi connectivity index (χ2v) is 8.82. The van der Waals surface area contributed by atoms with E-state index in [9.17, 15) is 19.2 Å². The van der Waals surface area contributed by atoms with E-state index >= 15 is 0 Å². The Balaban J connectivity index is 1.47. The summed E-state index contributed by atoms with van der Waals surface area (Å²) in [6.07, 6.45) is 2.98. The van der Waals surface area contributed by atoms with Gasteiger partial charge in [0.15, 0.2) is 5.69 Å². The van der Waals surface area contributed by atoms with E-state index in [0.29, 0.717) is 41.0 Å². The van der Waals surface area contributed by atoms with Crippen molar-refractivity contribution in [1.82, 2.24) is 20.6 Å². The number of carbonyl (C=O) groups excluding carboxylic acids is 3. The summed E-state index contributed by atoms with van der Waals surface area (Å²) < 4.78 is 1.29. The van der Waals surface area contributed by atoms with Crippen molar-refractivity contribution in [3.63, 3.8) is 0 Å². The van der Waals surface area contributed by atoms with Gasteiger partial charge in [-0.15, -0.1) is 0 Å². The van der Waals surface area contributed by atoms with Gasteiger partial charge in [0.1, 0.15) is 5.92 Å². The molecule has 2 heterocycles. The van der Waals surface area contributed by atoms with Crippen LogP contribution in [-0.4, -0.2) is 34.0 Å². The van der Waals surface area contributed by atoms with Gasteiger partial charge in [-0.1, -0.05) is 49.6 Å². The zero-order chi connectivity index (χ0) is 24.9. The van der Waals surface area contributed by atoms with E-state index in [1.54, 1.807) is 48.5 Å². The van der Waals surface area contributed by atoms with Gasteiger partial charge in [-0.25, -0.2) is 4.68 Å². The van der Waals surface area contributed by atoms with Crippen molar-refractivity contribution in [2.75, 3.05) is 11.4 Å². The maximum Gasteiger partial charge on any atom is 0.290 e. The fourth-order valence-electron chi connectivity index (χ4n) is 4.13. The Hall–Kier alpha value is -3.72. The predicted molar refractivity (Wildman–Crippen MR) is 133 cm³/mol. The molecule has 1 aliphatic heterocycles. The molecular formula is C25H26ClN5O4. The monoisotopic (exact) mass is 495 g/mol. The number of hydrogen-bond acceptors (Lipinski definition) is 5. The molecule has 1 saturated heterocycles. The number of amides is 3. The van der Waals surface area contributed by atoms with Crippen LogP contribution < -0.4 is 21.3 Å². The Bertz CT molecular complexity index is 1320. The van der Waals surface area contributed by atoms with Gasteiger partial charge in [0.2, 0.25) is 5.91 Å². The summed E-state index contributed by atoms with van der Waals surface area (Å²) in [5.41, 5.74) is 5.12. The Kier molecular flexibility index (Phi) is 7.45. The van der Waals surface area contributed by atoms with Crippen LogP contribution in [0.25, 0.3) is 10.8 Å². The molecule has 0 aliphatic carbocycles. The number of aryl methyl sites for hydroxylation is 1. The molecule has 1 fully saturated rings. The lowest BCUT2D eigenvalue weighted by atomic mass is 10.1. The summed E-state index contributed by atoms with van der Waals surface area (Å²) in [5.74, 6) is -2.56. The molecule has 0 saturated carbocycles.